The molecule has 0 bridgehead atoms. The number of carbonyl (C=O) groups is 2. The van der Waals surface area contributed by atoms with Crippen LogP contribution in [0.25, 0.3) is 0 Å². The number of amides is 2. The fourth-order valence-corrected chi connectivity index (χ4v) is 3.11. The highest BCUT2D eigenvalue weighted by atomic mass is 32.2. The van der Waals surface area contributed by atoms with Crippen molar-refractivity contribution in [2.75, 3.05) is 5.32 Å². The van der Waals surface area contributed by atoms with Gasteiger partial charge in [0, 0.05) is 10.9 Å². The summed E-state index contributed by atoms with van der Waals surface area (Å²) in [5.41, 5.74) is 2.19. The Kier molecular flexibility index (Phi) is 6.65. The van der Waals surface area contributed by atoms with Crippen molar-refractivity contribution in [3.8, 4) is 0 Å². The monoisotopic (exact) mass is 356 g/mol. The average molecular weight is 356 g/mol. The molecule has 0 spiro atoms. The maximum atomic E-state index is 12.5. The maximum Gasteiger partial charge on any atom is 0.253 e. The third-order valence-electron chi connectivity index (χ3n) is 3.55. The van der Waals surface area contributed by atoms with E-state index >= 15 is 0 Å². The Morgan fingerprint density at radius 2 is 1.60 bits per heavy atom. The lowest BCUT2D eigenvalue weighted by Gasteiger charge is -2.15. The number of hydrogen-bond donors (Lipinski definition) is 2. The predicted molar refractivity (Wildman–Crippen MR) is 104 cm³/mol. The van der Waals surface area contributed by atoms with Gasteiger partial charge in [-0.15, -0.1) is 11.8 Å². The fourth-order valence-electron chi connectivity index (χ4n) is 2.24. The summed E-state index contributed by atoms with van der Waals surface area (Å²) in [5, 5.41) is 5.45. The number of hydrogen-bond acceptors (Lipinski definition) is 3. The number of aryl methyl sites for hydroxylation is 1. The molecular formula is C20H24N2O2S. The first-order valence-electron chi connectivity index (χ1n) is 8.31. The van der Waals surface area contributed by atoms with Crippen LogP contribution in [0.4, 0.5) is 5.69 Å². The standard InChI is InChI=1S/C20H24N2O2S/c1-13(2)21-20(24)17-7-5-6-8-18(17)22-19(23)15(4)25-16-11-9-14(3)10-12-16/h5-13,15H,1-4H3,(H,21,24)(H,22,23). The molecule has 2 rings (SSSR count). The summed E-state index contributed by atoms with van der Waals surface area (Å²) >= 11 is 1.49. The number of benzene rings is 2. The Labute approximate surface area is 153 Å². The smallest absolute Gasteiger partial charge is 0.253 e. The summed E-state index contributed by atoms with van der Waals surface area (Å²) in [7, 11) is 0. The third kappa shape index (κ3) is 5.64. The Balaban J connectivity index is 2.07. The molecule has 132 valence electrons. The Morgan fingerprint density at radius 3 is 2.24 bits per heavy atom. The summed E-state index contributed by atoms with van der Waals surface area (Å²) in [5.74, 6) is -0.319. The number of thioether (sulfide) groups is 1. The molecular weight excluding hydrogens is 332 g/mol. The molecule has 4 nitrogen and oxygen atoms in total. The van der Waals surface area contributed by atoms with Gasteiger partial charge in [-0.25, -0.2) is 0 Å². The maximum absolute atomic E-state index is 12.5. The normalized spacial score (nSPS) is 11.9. The molecule has 0 saturated carbocycles. The molecule has 0 fully saturated rings. The van der Waals surface area contributed by atoms with Crippen LogP contribution in [0.15, 0.2) is 53.4 Å². The molecule has 2 aromatic rings. The Bertz CT molecular complexity index is 742. The van der Waals surface area contributed by atoms with Crippen molar-refractivity contribution >= 4 is 29.3 Å². The van der Waals surface area contributed by atoms with Gasteiger partial charge in [-0.2, -0.15) is 0 Å². The lowest BCUT2D eigenvalue weighted by Crippen LogP contribution is -2.31. The van der Waals surface area contributed by atoms with Crippen molar-refractivity contribution in [3.05, 3.63) is 59.7 Å². The molecule has 5 heteroatoms. The lowest BCUT2D eigenvalue weighted by molar-refractivity contribution is -0.115. The first kappa shape index (κ1) is 19.1. The quantitative estimate of drug-likeness (QED) is 0.761. The van der Waals surface area contributed by atoms with Gasteiger partial charge in [0.1, 0.15) is 0 Å². The van der Waals surface area contributed by atoms with Crippen LogP contribution in [0.1, 0.15) is 36.7 Å². The molecule has 0 aliphatic carbocycles. The zero-order valence-electron chi connectivity index (χ0n) is 15.0. The van der Waals surface area contributed by atoms with E-state index in [2.05, 4.69) is 10.6 Å². The molecule has 2 amide bonds. The van der Waals surface area contributed by atoms with Gasteiger partial charge in [-0.3, -0.25) is 9.59 Å². The number of carbonyl (C=O) groups excluding carboxylic acids is 2. The van der Waals surface area contributed by atoms with Crippen molar-refractivity contribution in [2.24, 2.45) is 0 Å². The van der Waals surface area contributed by atoms with Crippen LogP contribution in [-0.2, 0) is 4.79 Å². The van der Waals surface area contributed by atoms with Gasteiger partial charge in [0.25, 0.3) is 5.91 Å². The van der Waals surface area contributed by atoms with E-state index in [0.717, 1.165) is 4.90 Å². The highest BCUT2D eigenvalue weighted by molar-refractivity contribution is 8.00. The lowest BCUT2D eigenvalue weighted by atomic mass is 10.1. The van der Waals surface area contributed by atoms with Gasteiger partial charge in [0.05, 0.1) is 16.5 Å². The van der Waals surface area contributed by atoms with Gasteiger partial charge in [-0.1, -0.05) is 29.8 Å². The van der Waals surface area contributed by atoms with E-state index in [1.54, 1.807) is 24.3 Å². The Hall–Kier alpha value is -2.27. The fraction of sp³-hybridized carbons (Fsp3) is 0.300. The molecule has 0 heterocycles. The van der Waals surface area contributed by atoms with Crippen LogP contribution >= 0.6 is 11.8 Å². The number of para-hydroxylation sites is 1. The number of anilines is 1. The molecule has 0 radical (unpaired) electrons. The minimum Gasteiger partial charge on any atom is -0.350 e. The van der Waals surface area contributed by atoms with E-state index < -0.39 is 0 Å². The van der Waals surface area contributed by atoms with Gasteiger partial charge in [0.2, 0.25) is 5.91 Å². The van der Waals surface area contributed by atoms with E-state index in [1.165, 1.54) is 17.3 Å². The molecule has 1 unspecified atom stereocenters. The first-order valence-corrected chi connectivity index (χ1v) is 9.19. The van der Waals surface area contributed by atoms with Crippen molar-refractivity contribution < 1.29 is 9.59 Å². The highest BCUT2D eigenvalue weighted by Gasteiger charge is 2.18. The summed E-state index contributed by atoms with van der Waals surface area (Å²) in [6, 6.07) is 15.2. The zero-order chi connectivity index (χ0) is 18.4. The van der Waals surface area contributed by atoms with E-state index in [0.29, 0.717) is 11.3 Å². The van der Waals surface area contributed by atoms with Crippen molar-refractivity contribution in [1.29, 1.82) is 0 Å². The van der Waals surface area contributed by atoms with Gasteiger partial charge >= 0.3 is 0 Å². The van der Waals surface area contributed by atoms with Crippen LogP contribution in [-0.4, -0.2) is 23.1 Å². The molecule has 0 saturated heterocycles. The van der Waals surface area contributed by atoms with Crippen LogP contribution in [0.2, 0.25) is 0 Å². The minimum absolute atomic E-state index is 0.0345. The SMILES string of the molecule is Cc1ccc(SC(C)C(=O)Nc2ccccc2C(=O)NC(C)C)cc1. The second-order valence-corrected chi connectivity index (χ2v) is 7.65. The number of rotatable bonds is 6. The zero-order valence-corrected chi connectivity index (χ0v) is 15.8. The number of nitrogens with one attached hydrogen (secondary N) is 2. The molecule has 25 heavy (non-hydrogen) atoms. The van der Waals surface area contributed by atoms with Crippen molar-refractivity contribution in [3.63, 3.8) is 0 Å². The van der Waals surface area contributed by atoms with Crippen LogP contribution in [0, 0.1) is 6.92 Å². The molecule has 2 aromatic carbocycles. The van der Waals surface area contributed by atoms with E-state index in [4.69, 9.17) is 0 Å². The second-order valence-electron chi connectivity index (χ2n) is 6.24. The summed E-state index contributed by atoms with van der Waals surface area (Å²) in [6.07, 6.45) is 0. The molecule has 0 aromatic heterocycles. The third-order valence-corrected chi connectivity index (χ3v) is 4.66. The molecule has 0 aliphatic heterocycles. The summed E-state index contributed by atoms with van der Waals surface area (Å²) in [6.45, 7) is 7.69. The van der Waals surface area contributed by atoms with Crippen LogP contribution in [0.5, 0.6) is 0 Å². The van der Waals surface area contributed by atoms with Gasteiger partial charge < -0.3 is 10.6 Å². The predicted octanol–water partition coefficient (Wildman–Crippen LogP) is 4.25. The summed E-state index contributed by atoms with van der Waals surface area (Å²) in [4.78, 5) is 25.8. The second kappa shape index (κ2) is 8.72. The van der Waals surface area contributed by atoms with Gasteiger partial charge in [-0.05, 0) is 52.0 Å². The highest BCUT2D eigenvalue weighted by Crippen LogP contribution is 2.25. The van der Waals surface area contributed by atoms with E-state index in [-0.39, 0.29) is 23.1 Å². The Morgan fingerprint density at radius 1 is 0.960 bits per heavy atom. The average Bonchev–Trinajstić information content (AvgIpc) is 2.56. The first-order chi connectivity index (χ1) is 11.9. The molecule has 0 aliphatic rings. The van der Waals surface area contributed by atoms with Crippen LogP contribution in [0.3, 0.4) is 0 Å². The topological polar surface area (TPSA) is 58.2 Å². The largest absolute Gasteiger partial charge is 0.350 e. The summed E-state index contributed by atoms with van der Waals surface area (Å²) < 4.78 is 0. The minimum atomic E-state index is -0.274. The van der Waals surface area contributed by atoms with E-state index in [1.807, 2.05) is 52.0 Å². The van der Waals surface area contributed by atoms with E-state index in [9.17, 15) is 9.59 Å². The molecule has 2 N–H and O–H groups in total. The van der Waals surface area contributed by atoms with Crippen LogP contribution < -0.4 is 10.6 Å². The molecule has 1 atom stereocenters. The van der Waals surface area contributed by atoms with Gasteiger partial charge in [0.15, 0.2) is 0 Å². The van der Waals surface area contributed by atoms with Crippen molar-refractivity contribution in [1.82, 2.24) is 5.32 Å². The van der Waals surface area contributed by atoms with Crippen molar-refractivity contribution in [2.45, 2.75) is 43.9 Å².